The van der Waals surface area contributed by atoms with E-state index in [2.05, 4.69) is 153 Å². The number of hydrogen-bond donors (Lipinski definition) is 0. The molecule has 0 N–H and O–H groups in total. The van der Waals surface area contributed by atoms with Crippen LogP contribution in [0.1, 0.15) is 43.6 Å². The quantitative estimate of drug-likeness (QED) is 0.183. The first-order valence-electron chi connectivity index (χ1n) is 18.0. The number of aromatic nitrogens is 3. The second kappa shape index (κ2) is 11.9. The average Bonchev–Trinajstić information content (AvgIpc) is 3.70. The lowest BCUT2D eigenvalue weighted by molar-refractivity contribution is 0.660. The van der Waals surface area contributed by atoms with Gasteiger partial charge in [0.2, 0.25) is 0 Å². The van der Waals surface area contributed by atoms with Crippen LogP contribution in [-0.4, -0.2) is 15.0 Å². The van der Waals surface area contributed by atoms with Crippen LogP contribution in [0.15, 0.2) is 156 Å². The predicted octanol–water partition coefficient (Wildman–Crippen LogP) is 12.5. The maximum Gasteiger partial charge on any atom is 0.164 e. The van der Waals surface area contributed by atoms with Gasteiger partial charge in [-0.1, -0.05) is 153 Å². The monoisotopic (exact) mass is 669 g/mol. The lowest BCUT2D eigenvalue weighted by Crippen LogP contribution is -2.14. The molecule has 10 rings (SSSR count). The lowest BCUT2D eigenvalue weighted by atomic mass is 9.82. The van der Waals surface area contributed by atoms with Crippen molar-refractivity contribution in [1.29, 1.82) is 0 Å². The van der Waals surface area contributed by atoms with Crippen LogP contribution in [0, 0.1) is 0 Å². The molecule has 0 atom stereocenters. The first kappa shape index (κ1) is 30.4. The summed E-state index contributed by atoms with van der Waals surface area (Å²) in [6, 6.07) is 47.2. The summed E-state index contributed by atoms with van der Waals surface area (Å²) < 4.78 is 6.35. The third kappa shape index (κ3) is 4.86. The highest BCUT2D eigenvalue weighted by Crippen LogP contribution is 2.52. The molecule has 0 bridgehead atoms. The second-order valence-corrected chi connectivity index (χ2v) is 14.3. The standard InChI is InChI=1S/C48H35N3O/c1-48(2)40-22-8-6-18-39(40)43-35(19-12-23-41(43)48)33-15-10-16-34(29-33)47-50-45(31-13-4-3-5-14-31)49-46(51-47)32-27-25-30(26-28-32)36-20-11-21-38-37-17-7-9-24-42(37)52-44(36)38/h3-4,6-13,15-29H,5,14H2,1-2H3. The van der Waals surface area contributed by atoms with Crippen LogP contribution >= 0.6 is 0 Å². The summed E-state index contributed by atoms with van der Waals surface area (Å²) in [6.45, 7) is 4.65. The van der Waals surface area contributed by atoms with Crippen LogP contribution in [0.4, 0.5) is 0 Å². The molecule has 0 spiro atoms. The largest absolute Gasteiger partial charge is 0.455 e. The first-order valence-corrected chi connectivity index (χ1v) is 18.0. The van der Waals surface area contributed by atoms with Crippen LogP contribution < -0.4 is 0 Å². The zero-order valence-electron chi connectivity index (χ0n) is 29.1. The number of allylic oxidation sites excluding steroid dienone is 4. The van der Waals surface area contributed by atoms with Crippen molar-refractivity contribution >= 4 is 27.5 Å². The fourth-order valence-electron chi connectivity index (χ4n) is 8.16. The van der Waals surface area contributed by atoms with Crippen molar-refractivity contribution in [2.45, 2.75) is 32.1 Å². The van der Waals surface area contributed by atoms with Crippen molar-refractivity contribution in [2.24, 2.45) is 0 Å². The van der Waals surface area contributed by atoms with E-state index >= 15 is 0 Å². The number of benzene rings is 6. The van der Waals surface area contributed by atoms with Crippen molar-refractivity contribution < 1.29 is 4.42 Å². The fourth-order valence-corrected chi connectivity index (χ4v) is 8.16. The summed E-state index contributed by atoms with van der Waals surface area (Å²) in [4.78, 5) is 15.3. The van der Waals surface area contributed by atoms with Gasteiger partial charge >= 0.3 is 0 Å². The molecule has 0 unspecified atom stereocenters. The third-order valence-corrected chi connectivity index (χ3v) is 10.8. The maximum absolute atomic E-state index is 6.35. The molecular formula is C48H35N3O. The molecule has 2 aromatic heterocycles. The summed E-state index contributed by atoms with van der Waals surface area (Å²) in [5.41, 5.74) is 14.6. The number of nitrogens with zero attached hydrogens (tertiary/aromatic N) is 3. The Hall–Kier alpha value is -6.39. The molecule has 0 radical (unpaired) electrons. The molecule has 0 saturated carbocycles. The van der Waals surface area contributed by atoms with Crippen molar-refractivity contribution in [3.05, 3.63) is 169 Å². The smallest absolute Gasteiger partial charge is 0.164 e. The predicted molar refractivity (Wildman–Crippen MR) is 213 cm³/mol. The van der Waals surface area contributed by atoms with Crippen LogP contribution in [0.25, 0.3) is 83.7 Å². The molecule has 52 heavy (non-hydrogen) atoms. The van der Waals surface area contributed by atoms with E-state index in [9.17, 15) is 0 Å². The maximum atomic E-state index is 6.35. The van der Waals surface area contributed by atoms with E-state index in [1.165, 1.54) is 27.8 Å². The summed E-state index contributed by atoms with van der Waals surface area (Å²) in [7, 11) is 0. The Kier molecular flexibility index (Phi) is 6.94. The Morgan fingerprint density at radius 3 is 2.06 bits per heavy atom. The molecular weight excluding hydrogens is 635 g/mol. The molecule has 2 aliphatic carbocycles. The summed E-state index contributed by atoms with van der Waals surface area (Å²) >= 11 is 0. The van der Waals surface area contributed by atoms with Crippen LogP contribution in [0.2, 0.25) is 0 Å². The van der Waals surface area contributed by atoms with Gasteiger partial charge in [-0.25, -0.2) is 15.0 Å². The highest BCUT2D eigenvalue weighted by atomic mass is 16.3. The van der Waals surface area contributed by atoms with Crippen LogP contribution in [0.5, 0.6) is 0 Å². The summed E-state index contributed by atoms with van der Waals surface area (Å²) in [5, 5.41) is 2.25. The van der Waals surface area contributed by atoms with E-state index < -0.39 is 0 Å². The molecule has 0 fully saturated rings. The summed E-state index contributed by atoms with van der Waals surface area (Å²) in [6.07, 6.45) is 8.29. The van der Waals surface area contributed by atoms with Gasteiger partial charge < -0.3 is 4.42 Å². The third-order valence-electron chi connectivity index (χ3n) is 10.8. The van der Waals surface area contributed by atoms with Crippen LogP contribution in [-0.2, 0) is 5.41 Å². The van der Waals surface area contributed by atoms with Gasteiger partial charge in [-0.3, -0.25) is 0 Å². The minimum absolute atomic E-state index is 0.0617. The fraction of sp³-hybridized carbons (Fsp3) is 0.104. The number of para-hydroxylation sites is 2. The van der Waals surface area contributed by atoms with E-state index in [0.717, 1.165) is 74.0 Å². The molecule has 6 aromatic carbocycles. The molecule has 4 nitrogen and oxygen atoms in total. The number of rotatable bonds is 5. The van der Waals surface area contributed by atoms with Crippen molar-refractivity contribution in [2.75, 3.05) is 0 Å². The van der Waals surface area contributed by atoms with Crippen LogP contribution in [0.3, 0.4) is 0 Å². The molecule has 0 aliphatic heterocycles. The molecule has 4 heteroatoms. The van der Waals surface area contributed by atoms with Gasteiger partial charge in [0, 0.05) is 32.9 Å². The molecule has 8 aromatic rings. The summed E-state index contributed by atoms with van der Waals surface area (Å²) in [5.74, 6) is 2.05. The van der Waals surface area contributed by atoms with Crippen molar-refractivity contribution in [1.82, 2.24) is 15.0 Å². The second-order valence-electron chi connectivity index (χ2n) is 14.3. The zero-order valence-corrected chi connectivity index (χ0v) is 29.1. The highest BCUT2D eigenvalue weighted by molar-refractivity contribution is 6.09. The highest BCUT2D eigenvalue weighted by Gasteiger charge is 2.36. The normalized spacial score (nSPS) is 14.4. The Labute approximate surface area is 302 Å². The average molecular weight is 670 g/mol. The zero-order chi connectivity index (χ0) is 34.8. The Morgan fingerprint density at radius 2 is 1.19 bits per heavy atom. The number of furan rings is 1. The van der Waals surface area contributed by atoms with Gasteiger partial charge in [-0.2, -0.15) is 0 Å². The van der Waals surface area contributed by atoms with E-state index in [1.54, 1.807) is 0 Å². The van der Waals surface area contributed by atoms with Crippen molar-refractivity contribution in [3.63, 3.8) is 0 Å². The van der Waals surface area contributed by atoms with Gasteiger partial charge in [-0.15, -0.1) is 0 Å². The number of hydrogen-bond acceptors (Lipinski definition) is 4. The van der Waals surface area contributed by atoms with Gasteiger partial charge in [-0.05, 0) is 69.5 Å². The Balaban J connectivity index is 1.07. The van der Waals surface area contributed by atoms with Gasteiger partial charge in [0.1, 0.15) is 11.2 Å². The molecule has 248 valence electrons. The van der Waals surface area contributed by atoms with E-state index in [0.29, 0.717) is 11.6 Å². The van der Waals surface area contributed by atoms with E-state index in [-0.39, 0.29) is 5.41 Å². The van der Waals surface area contributed by atoms with E-state index in [1.807, 2.05) is 12.1 Å². The lowest BCUT2D eigenvalue weighted by Gasteiger charge is -2.21. The first-order chi connectivity index (χ1) is 25.5. The minimum Gasteiger partial charge on any atom is -0.455 e. The molecule has 2 aliphatic rings. The molecule has 0 amide bonds. The Bertz CT molecular complexity index is 2770. The SMILES string of the molecule is CC1(C)c2ccccc2-c2c(-c3cccc(-c4nc(C5=CC=CCC5)nc(-c5ccc(-c6cccc7c6oc6ccccc67)cc5)n4)c3)cccc21. The van der Waals surface area contributed by atoms with Crippen molar-refractivity contribution in [3.8, 4) is 56.2 Å². The van der Waals surface area contributed by atoms with E-state index in [4.69, 9.17) is 19.4 Å². The molecule has 2 heterocycles. The van der Waals surface area contributed by atoms with Gasteiger partial charge in [0.05, 0.1) is 0 Å². The topological polar surface area (TPSA) is 51.8 Å². The number of fused-ring (bicyclic) bond motifs is 6. The van der Waals surface area contributed by atoms with Gasteiger partial charge in [0.15, 0.2) is 17.5 Å². The molecule has 0 saturated heterocycles. The van der Waals surface area contributed by atoms with Gasteiger partial charge in [0.25, 0.3) is 0 Å². The minimum atomic E-state index is -0.0617. The Morgan fingerprint density at radius 1 is 0.538 bits per heavy atom.